The van der Waals surface area contributed by atoms with Crippen LogP contribution in [0.25, 0.3) is 0 Å². The molecule has 2 heterocycles. The number of nitrogens with one attached hydrogen (secondary N) is 2. The normalized spacial score (nSPS) is 21.1. The zero-order chi connectivity index (χ0) is 14.8. The summed E-state index contributed by atoms with van der Waals surface area (Å²) in [5.41, 5.74) is 2.32. The summed E-state index contributed by atoms with van der Waals surface area (Å²) in [5, 5.41) is 5.85. The van der Waals surface area contributed by atoms with Crippen LogP contribution in [0, 0.1) is 0 Å². The highest BCUT2D eigenvalue weighted by molar-refractivity contribution is 6.02. The Kier molecular flexibility index (Phi) is 3.90. The molecule has 1 fully saturated rings. The molecule has 21 heavy (non-hydrogen) atoms. The van der Waals surface area contributed by atoms with Gasteiger partial charge in [-0.2, -0.15) is 0 Å². The van der Waals surface area contributed by atoms with Crippen molar-refractivity contribution in [3.63, 3.8) is 0 Å². The van der Waals surface area contributed by atoms with E-state index in [0.717, 1.165) is 17.8 Å². The minimum Gasteiger partial charge on any atom is -0.373 e. The van der Waals surface area contributed by atoms with E-state index in [2.05, 4.69) is 10.6 Å². The number of nitrogens with zero attached hydrogens (tertiary/aromatic N) is 1. The lowest BCUT2D eigenvalue weighted by Crippen LogP contribution is -2.48. The van der Waals surface area contributed by atoms with Gasteiger partial charge in [0.25, 0.3) is 5.91 Å². The van der Waals surface area contributed by atoms with Gasteiger partial charge >= 0.3 is 0 Å². The lowest BCUT2D eigenvalue weighted by Gasteiger charge is -2.33. The van der Waals surface area contributed by atoms with Crippen molar-refractivity contribution in [2.75, 3.05) is 38.6 Å². The van der Waals surface area contributed by atoms with Gasteiger partial charge in [-0.15, -0.1) is 0 Å². The van der Waals surface area contributed by atoms with Crippen LogP contribution in [0.4, 0.5) is 5.69 Å². The van der Waals surface area contributed by atoms with Crippen LogP contribution in [-0.2, 0) is 16.0 Å². The molecule has 2 aliphatic heterocycles. The first-order valence-corrected chi connectivity index (χ1v) is 7.15. The largest absolute Gasteiger partial charge is 0.373 e. The second kappa shape index (κ2) is 5.83. The summed E-state index contributed by atoms with van der Waals surface area (Å²) in [4.78, 5) is 25.7. The fourth-order valence-electron chi connectivity index (χ4n) is 2.78. The molecule has 0 radical (unpaired) electrons. The Morgan fingerprint density at radius 1 is 1.52 bits per heavy atom. The Bertz CT molecular complexity index is 571. The number of ether oxygens (including phenoxy) is 1. The Morgan fingerprint density at radius 3 is 3.19 bits per heavy atom. The van der Waals surface area contributed by atoms with E-state index in [4.69, 9.17) is 4.74 Å². The first-order valence-electron chi connectivity index (χ1n) is 7.15. The second-order valence-corrected chi connectivity index (χ2v) is 5.40. The molecule has 6 heteroatoms. The SMILES string of the molecule is CNCC1CN(C(=O)c2ccc3c(c2)NC(=O)C3)CCO1. The number of likely N-dealkylation sites (N-methyl/N-ethyl adjacent to an activating group) is 1. The Balaban J connectivity index is 1.73. The summed E-state index contributed by atoms with van der Waals surface area (Å²) in [7, 11) is 1.87. The first kappa shape index (κ1) is 14.0. The third-order valence-electron chi connectivity index (χ3n) is 3.84. The van der Waals surface area contributed by atoms with E-state index < -0.39 is 0 Å². The van der Waals surface area contributed by atoms with Crippen LogP contribution < -0.4 is 10.6 Å². The Labute approximate surface area is 123 Å². The average Bonchev–Trinajstić information content (AvgIpc) is 2.86. The summed E-state index contributed by atoms with van der Waals surface area (Å²) >= 11 is 0. The number of fused-ring (bicyclic) bond motifs is 1. The highest BCUT2D eigenvalue weighted by Crippen LogP contribution is 2.25. The predicted octanol–water partition coefficient (Wildman–Crippen LogP) is 0.242. The van der Waals surface area contributed by atoms with Gasteiger partial charge in [-0.05, 0) is 24.7 Å². The summed E-state index contributed by atoms with van der Waals surface area (Å²) < 4.78 is 5.61. The lowest BCUT2D eigenvalue weighted by molar-refractivity contribution is -0.115. The number of carbonyl (C=O) groups is 2. The molecule has 2 amide bonds. The van der Waals surface area contributed by atoms with Crippen molar-refractivity contribution in [1.82, 2.24) is 10.2 Å². The van der Waals surface area contributed by atoms with Crippen LogP contribution >= 0.6 is 0 Å². The monoisotopic (exact) mass is 289 g/mol. The molecular weight excluding hydrogens is 270 g/mol. The number of amides is 2. The van der Waals surface area contributed by atoms with Crippen LogP contribution in [0.3, 0.4) is 0 Å². The predicted molar refractivity (Wildman–Crippen MR) is 78.3 cm³/mol. The van der Waals surface area contributed by atoms with Gasteiger partial charge in [0.15, 0.2) is 0 Å². The van der Waals surface area contributed by atoms with Gasteiger partial charge in [-0.1, -0.05) is 6.07 Å². The van der Waals surface area contributed by atoms with Gasteiger partial charge in [-0.25, -0.2) is 0 Å². The van der Waals surface area contributed by atoms with Gasteiger partial charge in [0.05, 0.1) is 19.1 Å². The smallest absolute Gasteiger partial charge is 0.254 e. The van der Waals surface area contributed by atoms with Crippen LogP contribution in [0.1, 0.15) is 15.9 Å². The maximum Gasteiger partial charge on any atom is 0.254 e. The van der Waals surface area contributed by atoms with Crippen LogP contribution in [0.5, 0.6) is 0 Å². The highest BCUT2D eigenvalue weighted by Gasteiger charge is 2.26. The summed E-state index contributed by atoms with van der Waals surface area (Å²) in [6, 6.07) is 5.42. The number of hydrogen-bond acceptors (Lipinski definition) is 4. The van der Waals surface area contributed by atoms with E-state index >= 15 is 0 Å². The van der Waals surface area contributed by atoms with Crippen molar-refractivity contribution >= 4 is 17.5 Å². The third-order valence-corrected chi connectivity index (χ3v) is 3.84. The quantitative estimate of drug-likeness (QED) is 0.836. The van der Waals surface area contributed by atoms with Gasteiger partial charge in [0.2, 0.25) is 5.91 Å². The fourth-order valence-corrected chi connectivity index (χ4v) is 2.78. The van der Waals surface area contributed by atoms with Crippen molar-refractivity contribution < 1.29 is 14.3 Å². The van der Waals surface area contributed by atoms with Crippen molar-refractivity contribution in [2.45, 2.75) is 12.5 Å². The summed E-state index contributed by atoms with van der Waals surface area (Å²) in [5.74, 6) is -0.0293. The molecule has 1 aromatic rings. The highest BCUT2D eigenvalue weighted by atomic mass is 16.5. The van der Waals surface area contributed by atoms with Crippen LogP contribution in [0.2, 0.25) is 0 Å². The van der Waals surface area contributed by atoms with Gasteiger partial charge < -0.3 is 20.3 Å². The minimum atomic E-state index is -0.0185. The van der Waals surface area contributed by atoms with Gasteiger partial charge in [0.1, 0.15) is 0 Å². The zero-order valence-electron chi connectivity index (χ0n) is 12.0. The van der Waals surface area contributed by atoms with E-state index in [-0.39, 0.29) is 17.9 Å². The van der Waals surface area contributed by atoms with E-state index in [1.54, 1.807) is 12.1 Å². The maximum absolute atomic E-state index is 12.6. The molecule has 6 nitrogen and oxygen atoms in total. The third kappa shape index (κ3) is 2.91. The molecule has 2 N–H and O–H groups in total. The standard InChI is InChI=1S/C15H19N3O3/c1-16-8-12-9-18(4-5-21-12)15(20)11-3-2-10-7-14(19)17-13(10)6-11/h2-3,6,12,16H,4-5,7-9H2,1H3,(H,17,19). The average molecular weight is 289 g/mol. The van der Waals surface area contributed by atoms with E-state index in [0.29, 0.717) is 31.7 Å². The molecule has 0 bridgehead atoms. The first-order chi connectivity index (χ1) is 10.2. The van der Waals surface area contributed by atoms with Crippen LogP contribution in [0.15, 0.2) is 18.2 Å². The molecular formula is C15H19N3O3. The molecule has 0 aliphatic carbocycles. The molecule has 3 rings (SSSR count). The number of anilines is 1. The van der Waals surface area contributed by atoms with Crippen molar-refractivity contribution in [1.29, 1.82) is 0 Å². The van der Waals surface area contributed by atoms with Gasteiger partial charge in [-0.3, -0.25) is 9.59 Å². The Hall–Kier alpha value is -1.92. The van der Waals surface area contributed by atoms with Crippen molar-refractivity contribution in [3.8, 4) is 0 Å². The number of hydrogen-bond donors (Lipinski definition) is 2. The number of morpholine rings is 1. The summed E-state index contributed by atoms with van der Waals surface area (Å²) in [6.45, 7) is 2.47. The molecule has 1 atom stereocenters. The van der Waals surface area contributed by atoms with Gasteiger partial charge in [0, 0.05) is 30.9 Å². The fraction of sp³-hybridized carbons (Fsp3) is 0.467. The molecule has 2 aliphatic rings. The summed E-state index contributed by atoms with van der Waals surface area (Å²) in [6.07, 6.45) is 0.424. The van der Waals surface area contributed by atoms with Crippen LogP contribution in [-0.4, -0.2) is 56.1 Å². The van der Waals surface area contributed by atoms with Crippen molar-refractivity contribution in [3.05, 3.63) is 29.3 Å². The minimum absolute atomic E-state index is 0.0108. The molecule has 112 valence electrons. The Morgan fingerprint density at radius 2 is 2.38 bits per heavy atom. The number of carbonyl (C=O) groups excluding carboxylic acids is 2. The van der Waals surface area contributed by atoms with Crippen molar-refractivity contribution in [2.24, 2.45) is 0 Å². The van der Waals surface area contributed by atoms with E-state index in [1.807, 2.05) is 18.0 Å². The molecule has 1 aromatic carbocycles. The number of benzene rings is 1. The molecule has 1 unspecified atom stereocenters. The molecule has 1 saturated heterocycles. The topological polar surface area (TPSA) is 70.7 Å². The molecule has 0 spiro atoms. The number of rotatable bonds is 3. The van der Waals surface area contributed by atoms with E-state index in [9.17, 15) is 9.59 Å². The maximum atomic E-state index is 12.6. The second-order valence-electron chi connectivity index (χ2n) is 5.40. The van der Waals surface area contributed by atoms with E-state index in [1.165, 1.54) is 0 Å². The molecule has 0 saturated carbocycles. The zero-order valence-corrected chi connectivity index (χ0v) is 12.0. The molecule has 0 aromatic heterocycles. The lowest BCUT2D eigenvalue weighted by atomic mass is 10.1.